The van der Waals surface area contributed by atoms with Crippen molar-refractivity contribution >= 4 is 11.3 Å². The van der Waals surface area contributed by atoms with E-state index in [4.69, 9.17) is 0 Å². The van der Waals surface area contributed by atoms with Crippen LogP contribution in [-0.4, -0.2) is 35.6 Å². The monoisotopic (exact) mass is 267 g/mol. The molecule has 1 aromatic rings. The maximum Gasteiger partial charge on any atom is 0.0798 e. The summed E-state index contributed by atoms with van der Waals surface area (Å²) in [5.74, 6) is 0. The number of thiazole rings is 1. The number of piperidine rings is 1. The molecule has 1 aliphatic heterocycles. The average Bonchev–Trinajstić information content (AvgIpc) is 2.76. The minimum absolute atomic E-state index is 0.627. The van der Waals surface area contributed by atoms with Crippen molar-refractivity contribution in [1.82, 2.24) is 15.2 Å². The van der Waals surface area contributed by atoms with E-state index in [1.165, 1.54) is 42.8 Å². The van der Waals surface area contributed by atoms with Gasteiger partial charge in [0, 0.05) is 23.5 Å². The highest BCUT2D eigenvalue weighted by atomic mass is 32.1. The van der Waals surface area contributed by atoms with Gasteiger partial charge in [-0.05, 0) is 46.7 Å². The fourth-order valence-electron chi connectivity index (χ4n) is 2.58. The van der Waals surface area contributed by atoms with E-state index < -0.39 is 0 Å². The molecule has 1 aliphatic rings. The number of nitrogens with zero attached hydrogens (tertiary/aromatic N) is 2. The molecule has 3 nitrogen and oxygen atoms in total. The van der Waals surface area contributed by atoms with Crippen molar-refractivity contribution in [3.63, 3.8) is 0 Å². The molecule has 4 heteroatoms. The quantitative estimate of drug-likeness (QED) is 0.889. The Bertz CT molecular complexity index is 358. The van der Waals surface area contributed by atoms with Gasteiger partial charge >= 0.3 is 0 Å². The molecule has 2 unspecified atom stereocenters. The molecule has 1 saturated heterocycles. The number of hydrogen-bond donors (Lipinski definition) is 1. The summed E-state index contributed by atoms with van der Waals surface area (Å²) in [6, 6.07) is 1.35. The predicted octanol–water partition coefficient (Wildman–Crippen LogP) is 2.80. The highest BCUT2D eigenvalue weighted by molar-refractivity contribution is 7.09. The third kappa shape index (κ3) is 3.77. The van der Waals surface area contributed by atoms with Crippen LogP contribution in [0.15, 0.2) is 5.51 Å². The van der Waals surface area contributed by atoms with Crippen LogP contribution in [0, 0.1) is 6.92 Å². The van der Waals surface area contributed by atoms with Crippen molar-refractivity contribution < 1.29 is 0 Å². The first-order valence-corrected chi connectivity index (χ1v) is 7.87. The van der Waals surface area contributed by atoms with E-state index in [-0.39, 0.29) is 0 Å². The highest BCUT2D eigenvalue weighted by Gasteiger charge is 2.19. The lowest BCUT2D eigenvalue weighted by atomic mass is 9.98. The molecular formula is C14H25N3S. The fraction of sp³-hybridized carbons (Fsp3) is 0.786. The number of rotatable bonds is 5. The molecule has 2 rings (SSSR count). The van der Waals surface area contributed by atoms with Gasteiger partial charge in [-0.2, -0.15) is 0 Å². The number of nitrogens with one attached hydrogen (secondary N) is 1. The summed E-state index contributed by atoms with van der Waals surface area (Å²) in [5, 5.41) is 3.64. The van der Waals surface area contributed by atoms with E-state index in [9.17, 15) is 0 Å². The van der Waals surface area contributed by atoms with E-state index in [1.807, 2.05) is 5.51 Å². The van der Waals surface area contributed by atoms with Crippen LogP contribution in [0.2, 0.25) is 0 Å². The Hall–Kier alpha value is -0.450. The van der Waals surface area contributed by atoms with E-state index in [0.29, 0.717) is 6.04 Å². The zero-order chi connectivity index (χ0) is 13.0. The van der Waals surface area contributed by atoms with Crippen molar-refractivity contribution in [2.75, 3.05) is 13.6 Å². The van der Waals surface area contributed by atoms with Gasteiger partial charge in [-0.25, -0.2) is 4.98 Å². The summed E-state index contributed by atoms with van der Waals surface area (Å²) in [6.07, 6.45) is 5.34. The second kappa shape index (κ2) is 6.64. The molecule has 0 saturated carbocycles. The van der Waals surface area contributed by atoms with Gasteiger partial charge in [0.15, 0.2) is 0 Å². The number of aromatic nitrogens is 1. The summed E-state index contributed by atoms with van der Waals surface area (Å²) in [6.45, 7) is 6.68. The zero-order valence-corrected chi connectivity index (χ0v) is 12.6. The van der Waals surface area contributed by atoms with Crippen LogP contribution in [0.5, 0.6) is 0 Å². The summed E-state index contributed by atoms with van der Waals surface area (Å²) in [4.78, 5) is 8.18. The second-order valence-electron chi connectivity index (χ2n) is 5.51. The van der Waals surface area contributed by atoms with E-state index >= 15 is 0 Å². The van der Waals surface area contributed by atoms with Crippen LogP contribution in [0.1, 0.15) is 43.2 Å². The average molecular weight is 267 g/mol. The first kappa shape index (κ1) is 14.0. The summed E-state index contributed by atoms with van der Waals surface area (Å²) < 4.78 is 0. The largest absolute Gasteiger partial charge is 0.314 e. The molecule has 2 atom stereocenters. The van der Waals surface area contributed by atoms with Crippen molar-refractivity contribution in [3.8, 4) is 0 Å². The third-order valence-corrected chi connectivity index (χ3v) is 4.95. The lowest BCUT2D eigenvalue weighted by Gasteiger charge is -2.31. The van der Waals surface area contributed by atoms with Gasteiger partial charge in [-0.1, -0.05) is 6.42 Å². The molecule has 1 fully saturated rings. The molecule has 1 N–H and O–H groups in total. The minimum Gasteiger partial charge on any atom is -0.314 e. The summed E-state index contributed by atoms with van der Waals surface area (Å²) >= 11 is 1.77. The molecule has 0 amide bonds. The van der Waals surface area contributed by atoms with Crippen molar-refractivity contribution in [1.29, 1.82) is 0 Å². The van der Waals surface area contributed by atoms with Crippen LogP contribution in [-0.2, 0) is 6.54 Å². The lowest BCUT2D eigenvalue weighted by Crippen LogP contribution is -2.40. The van der Waals surface area contributed by atoms with Crippen molar-refractivity contribution in [3.05, 3.63) is 16.1 Å². The van der Waals surface area contributed by atoms with Gasteiger partial charge in [0.1, 0.15) is 0 Å². The van der Waals surface area contributed by atoms with Gasteiger partial charge in [0.05, 0.1) is 11.2 Å². The molecule has 0 spiro atoms. The Balaban J connectivity index is 1.80. The molecule has 0 aromatic carbocycles. The molecule has 18 heavy (non-hydrogen) atoms. The van der Waals surface area contributed by atoms with Crippen LogP contribution in [0.25, 0.3) is 0 Å². The highest BCUT2D eigenvalue weighted by Crippen LogP contribution is 2.19. The van der Waals surface area contributed by atoms with E-state index in [1.54, 1.807) is 11.3 Å². The van der Waals surface area contributed by atoms with Crippen molar-refractivity contribution in [2.24, 2.45) is 0 Å². The molecule has 2 heterocycles. The van der Waals surface area contributed by atoms with Gasteiger partial charge in [0.25, 0.3) is 0 Å². The predicted molar refractivity (Wildman–Crippen MR) is 78.0 cm³/mol. The van der Waals surface area contributed by atoms with Gasteiger partial charge in [-0.3, -0.25) is 4.90 Å². The molecule has 1 aromatic heterocycles. The Morgan fingerprint density at radius 1 is 1.56 bits per heavy atom. The number of hydrogen-bond acceptors (Lipinski definition) is 4. The van der Waals surface area contributed by atoms with Crippen LogP contribution in [0.3, 0.4) is 0 Å². The summed E-state index contributed by atoms with van der Waals surface area (Å²) in [7, 11) is 2.23. The fourth-order valence-corrected chi connectivity index (χ4v) is 3.42. The zero-order valence-electron chi connectivity index (χ0n) is 11.8. The van der Waals surface area contributed by atoms with Gasteiger partial charge < -0.3 is 5.32 Å². The Kier molecular flexibility index (Phi) is 5.15. The summed E-state index contributed by atoms with van der Waals surface area (Å²) in [5.41, 5.74) is 3.14. The Morgan fingerprint density at radius 3 is 3.00 bits per heavy atom. The van der Waals surface area contributed by atoms with Crippen LogP contribution >= 0.6 is 11.3 Å². The third-order valence-electron chi connectivity index (χ3n) is 4.03. The maximum atomic E-state index is 4.32. The topological polar surface area (TPSA) is 28.2 Å². The lowest BCUT2D eigenvalue weighted by molar-refractivity contribution is 0.210. The normalized spacial score (nSPS) is 22.3. The Labute approximate surface area is 115 Å². The molecule has 102 valence electrons. The maximum absolute atomic E-state index is 4.32. The molecule has 0 bridgehead atoms. The molecule has 0 radical (unpaired) electrons. The first-order valence-electron chi connectivity index (χ1n) is 6.99. The molecular weight excluding hydrogens is 242 g/mol. The second-order valence-corrected chi connectivity index (χ2v) is 6.45. The first-order chi connectivity index (χ1) is 8.66. The van der Waals surface area contributed by atoms with Crippen molar-refractivity contribution in [2.45, 2.75) is 58.2 Å². The molecule has 0 aliphatic carbocycles. The minimum atomic E-state index is 0.627. The number of aryl methyl sites for hydroxylation is 1. The van der Waals surface area contributed by atoms with Crippen LogP contribution < -0.4 is 5.32 Å². The standard InChI is InChI=1S/C14H25N3S/c1-11(8-13-6-4-5-7-15-13)17(3)9-14-12(2)16-10-18-14/h10-11,13,15H,4-9H2,1-3H3. The Morgan fingerprint density at radius 2 is 2.39 bits per heavy atom. The SMILES string of the molecule is Cc1ncsc1CN(C)C(C)CC1CCCCN1. The van der Waals surface area contributed by atoms with Crippen LogP contribution in [0.4, 0.5) is 0 Å². The van der Waals surface area contributed by atoms with Gasteiger partial charge in [0.2, 0.25) is 0 Å². The van der Waals surface area contributed by atoms with E-state index in [0.717, 1.165) is 12.6 Å². The van der Waals surface area contributed by atoms with E-state index in [2.05, 4.69) is 36.1 Å². The smallest absolute Gasteiger partial charge is 0.0798 e. The van der Waals surface area contributed by atoms with Gasteiger partial charge in [-0.15, -0.1) is 11.3 Å².